The molecule has 0 aliphatic heterocycles. The van der Waals surface area contributed by atoms with Gasteiger partial charge in [-0.2, -0.15) is 0 Å². The van der Waals surface area contributed by atoms with Crippen molar-refractivity contribution >= 4 is 13.6 Å². The van der Waals surface area contributed by atoms with Crippen LogP contribution < -0.4 is 61.8 Å². The SMILES string of the molecule is C.C.C=CCB(F)F.C=CCC(N)c1ccco1.O=Cc1ccco1.[F-].[K+]. The molecule has 148 valence electrons. The van der Waals surface area contributed by atoms with Crippen LogP contribution in [0.25, 0.3) is 0 Å². The molecule has 0 fully saturated rings. The van der Waals surface area contributed by atoms with Crippen LogP contribution in [0.5, 0.6) is 0 Å². The quantitative estimate of drug-likeness (QED) is 0.406. The molecule has 0 amide bonds. The van der Waals surface area contributed by atoms with Crippen LogP contribution in [0.2, 0.25) is 6.32 Å². The third-order valence-corrected chi connectivity index (χ3v) is 2.33. The van der Waals surface area contributed by atoms with Crippen molar-refractivity contribution in [2.45, 2.75) is 33.6 Å². The second-order valence-corrected chi connectivity index (χ2v) is 4.20. The molecule has 27 heavy (non-hydrogen) atoms. The van der Waals surface area contributed by atoms with E-state index in [1.54, 1.807) is 24.5 Å². The number of aldehydes is 1. The van der Waals surface area contributed by atoms with Crippen LogP contribution in [-0.4, -0.2) is 13.6 Å². The van der Waals surface area contributed by atoms with Crippen molar-refractivity contribution in [2.24, 2.45) is 5.73 Å². The van der Waals surface area contributed by atoms with Gasteiger partial charge in [0.05, 0.1) is 18.6 Å². The van der Waals surface area contributed by atoms with Crippen molar-refractivity contribution in [3.63, 3.8) is 0 Å². The molecule has 0 aliphatic carbocycles. The van der Waals surface area contributed by atoms with Crippen molar-refractivity contribution in [3.05, 3.63) is 73.6 Å². The van der Waals surface area contributed by atoms with Crippen LogP contribution in [0, 0.1) is 0 Å². The molecule has 0 radical (unpaired) electrons. The van der Waals surface area contributed by atoms with Crippen LogP contribution in [0.1, 0.15) is 43.6 Å². The number of hydrogen-bond acceptors (Lipinski definition) is 4. The molecule has 0 saturated carbocycles. The second kappa shape index (κ2) is 25.2. The molecule has 1 atom stereocenters. The molecule has 2 N–H and O–H groups in total. The fraction of sp³-hybridized carbons (Fsp3) is 0.278. The van der Waals surface area contributed by atoms with E-state index in [4.69, 9.17) is 10.2 Å². The fourth-order valence-electron chi connectivity index (χ4n) is 1.28. The Balaban J connectivity index is -0.0000000863. The smallest absolute Gasteiger partial charge is 1.00 e. The van der Waals surface area contributed by atoms with Gasteiger partial charge in [-0.05, 0) is 30.7 Å². The van der Waals surface area contributed by atoms with Crippen LogP contribution >= 0.6 is 0 Å². The molecule has 9 heteroatoms. The minimum absolute atomic E-state index is 0. The predicted molar refractivity (Wildman–Crippen MR) is 101 cm³/mol. The molecular weight excluding hydrogens is 385 g/mol. The maximum absolute atomic E-state index is 11.0. The van der Waals surface area contributed by atoms with Gasteiger partial charge in [0.15, 0.2) is 12.0 Å². The average Bonchev–Trinajstić information content (AvgIpc) is 3.22. The Hall–Kier alpha value is -0.839. The van der Waals surface area contributed by atoms with Gasteiger partial charge in [-0.1, -0.05) is 27.0 Å². The zero-order chi connectivity index (χ0) is 17.5. The topological polar surface area (TPSA) is 69.4 Å². The number of allylic oxidation sites excluding steroid dienone is 1. The first-order valence-corrected chi connectivity index (χ1v) is 6.82. The molecule has 0 spiro atoms. The summed E-state index contributed by atoms with van der Waals surface area (Å²) in [7, 11) is -2.22. The Morgan fingerprint density at radius 3 is 1.93 bits per heavy atom. The van der Waals surface area contributed by atoms with Gasteiger partial charge in [0.2, 0.25) is 0 Å². The second-order valence-electron chi connectivity index (χ2n) is 4.20. The molecular formula is C18H28BF3KNO3. The van der Waals surface area contributed by atoms with Gasteiger partial charge in [0.1, 0.15) is 5.76 Å². The van der Waals surface area contributed by atoms with E-state index in [1.165, 1.54) is 12.3 Å². The number of halogens is 3. The zero-order valence-corrected chi connectivity index (χ0v) is 17.2. The summed E-state index contributed by atoms with van der Waals surface area (Å²) in [6.45, 7) is 6.71. The molecule has 2 rings (SSSR count). The summed E-state index contributed by atoms with van der Waals surface area (Å²) in [5.41, 5.74) is 5.68. The molecule has 0 aromatic carbocycles. The number of rotatable bonds is 6. The van der Waals surface area contributed by atoms with Crippen LogP contribution in [0.3, 0.4) is 0 Å². The van der Waals surface area contributed by atoms with E-state index in [-0.39, 0.29) is 83.3 Å². The molecule has 4 nitrogen and oxygen atoms in total. The molecule has 2 heterocycles. The number of furan rings is 2. The standard InChI is InChI=1S/C8H11NO.C5H4O2.C3H5BF2.2CH4.FH.K/c1-2-4-7(9)8-5-3-6-10-8;6-4-5-2-1-3-7-5;1-2-3-4(5)6;;;;/h2-3,5-7H,1,4,9H2;1-4H;2H,1,3H2;2*1H4;1H;/q;;;;;;+1/p-1. The summed E-state index contributed by atoms with van der Waals surface area (Å²) in [6, 6.07) is 6.94. The summed E-state index contributed by atoms with van der Waals surface area (Å²) in [5.74, 6) is 1.19. The fourth-order valence-corrected chi connectivity index (χ4v) is 1.28. The van der Waals surface area contributed by atoms with Crippen molar-refractivity contribution in [1.82, 2.24) is 0 Å². The monoisotopic (exact) mass is 413 g/mol. The van der Waals surface area contributed by atoms with Crippen LogP contribution in [0.4, 0.5) is 8.63 Å². The van der Waals surface area contributed by atoms with Crippen LogP contribution in [0.15, 0.2) is 70.9 Å². The third-order valence-electron chi connectivity index (χ3n) is 2.33. The van der Waals surface area contributed by atoms with Gasteiger partial charge in [-0.3, -0.25) is 13.4 Å². The summed E-state index contributed by atoms with van der Waals surface area (Å²) in [4.78, 5) is 9.77. The van der Waals surface area contributed by atoms with Gasteiger partial charge in [0, 0.05) is 6.32 Å². The van der Waals surface area contributed by atoms with E-state index in [2.05, 4.69) is 17.6 Å². The molecule has 0 aliphatic rings. The van der Waals surface area contributed by atoms with Gasteiger partial charge < -0.3 is 19.3 Å². The van der Waals surface area contributed by atoms with Gasteiger partial charge in [0.25, 0.3) is 0 Å². The van der Waals surface area contributed by atoms with Crippen molar-refractivity contribution < 1.29 is 78.3 Å². The van der Waals surface area contributed by atoms with E-state index in [1.807, 2.05) is 12.1 Å². The molecule has 1 unspecified atom stereocenters. The Morgan fingerprint density at radius 2 is 1.67 bits per heavy atom. The Labute approximate surface area is 203 Å². The maximum atomic E-state index is 11.0. The van der Waals surface area contributed by atoms with E-state index >= 15 is 0 Å². The summed E-state index contributed by atoms with van der Waals surface area (Å²) >= 11 is 0. The molecule has 2 aromatic rings. The van der Waals surface area contributed by atoms with Crippen molar-refractivity contribution in [3.8, 4) is 0 Å². The van der Waals surface area contributed by atoms with E-state index < -0.39 is 7.27 Å². The summed E-state index contributed by atoms with van der Waals surface area (Å²) in [6.07, 6.45) is 7.30. The van der Waals surface area contributed by atoms with E-state index in [9.17, 15) is 13.4 Å². The largest absolute Gasteiger partial charge is 1.00 e. The summed E-state index contributed by atoms with van der Waals surface area (Å²) in [5, 5.41) is 0. The van der Waals surface area contributed by atoms with E-state index in [0.29, 0.717) is 12.0 Å². The van der Waals surface area contributed by atoms with E-state index in [0.717, 1.165) is 12.2 Å². The Kier molecular flexibility index (Phi) is 34.5. The van der Waals surface area contributed by atoms with Crippen molar-refractivity contribution in [2.75, 3.05) is 0 Å². The first-order chi connectivity index (χ1) is 11.0. The zero-order valence-electron chi connectivity index (χ0n) is 14.1. The molecule has 0 bridgehead atoms. The van der Waals surface area contributed by atoms with Gasteiger partial charge in [-0.15, -0.1) is 13.2 Å². The predicted octanol–water partition coefficient (Wildman–Crippen LogP) is -0.173. The number of nitrogens with two attached hydrogens (primary N) is 1. The Morgan fingerprint density at radius 1 is 1.11 bits per heavy atom. The number of carbonyl (C=O) groups excluding carboxylic acids is 1. The summed E-state index contributed by atoms with van der Waals surface area (Å²) < 4.78 is 31.6. The number of carbonyl (C=O) groups is 1. The minimum Gasteiger partial charge on any atom is -1.00 e. The number of hydrogen-bond donors (Lipinski definition) is 1. The first kappa shape index (κ1) is 37.0. The van der Waals surface area contributed by atoms with Gasteiger partial charge in [-0.25, -0.2) is 0 Å². The first-order valence-electron chi connectivity index (χ1n) is 6.82. The minimum atomic E-state index is -2.22. The molecule has 2 aromatic heterocycles. The Bertz CT molecular complexity index is 538. The van der Waals surface area contributed by atoms with Crippen molar-refractivity contribution in [1.29, 1.82) is 0 Å². The van der Waals surface area contributed by atoms with Gasteiger partial charge >= 0.3 is 58.7 Å². The van der Waals surface area contributed by atoms with Crippen LogP contribution in [-0.2, 0) is 0 Å². The average molecular weight is 413 g/mol. The maximum Gasteiger partial charge on any atom is 1.00 e. The third kappa shape index (κ3) is 21.3. The normalized spacial score (nSPS) is 8.70. The molecule has 0 saturated heterocycles.